The Morgan fingerprint density at radius 1 is 1.43 bits per heavy atom. The summed E-state index contributed by atoms with van der Waals surface area (Å²) in [7, 11) is 0. The molecule has 21 heavy (non-hydrogen) atoms. The van der Waals surface area contributed by atoms with Gasteiger partial charge < -0.3 is 4.74 Å². The van der Waals surface area contributed by atoms with Gasteiger partial charge in [-0.3, -0.25) is 4.79 Å². The largest absolute Gasteiger partial charge is 0.466 e. The first-order valence-corrected chi connectivity index (χ1v) is 8.33. The van der Waals surface area contributed by atoms with Gasteiger partial charge in [-0.1, -0.05) is 24.3 Å². The van der Waals surface area contributed by atoms with E-state index in [4.69, 9.17) is 4.74 Å². The molecule has 0 spiro atoms. The molecule has 1 aliphatic carbocycles. The molecule has 1 unspecified atom stereocenters. The SMILES string of the molecule is CCOC(=O)Cc1csc(C2CCCc3ccccc32)n1. The average Bonchev–Trinajstić information content (AvgIpc) is 2.95. The van der Waals surface area contributed by atoms with E-state index in [-0.39, 0.29) is 12.4 Å². The zero-order chi connectivity index (χ0) is 14.7. The first-order valence-electron chi connectivity index (χ1n) is 7.45. The van der Waals surface area contributed by atoms with Gasteiger partial charge in [0.05, 0.1) is 18.7 Å². The minimum Gasteiger partial charge on any atom is -0.466 e. The molecule has 1 aliphatic rings. The third-order valence-corrected chi connectivity index (χ3v) is 4.88. The predicted octanol–water partition coefficient (Wildman–Crippen LogP) is 3.72. The minimum absolute atomic E-state index is 0.196. The molecule has 0 saturated carbocycles. The van der Waals surface area contributed by atoms with Crippen LogP contribution in [-0.2, 0) is 22.4 Å². The van der Waals surface area contributed by atoms with Crippen LogP contribution in [0.5, 0.6) is 0 Å². The maximum atomic E-state index is 11.5. The lowest BCUT2D eigenvalue weighted by Gasteiger charge is -2.23. The van der Waals surface area contributed by atoms with Crippen LogP contribution in [0.25, 0.3) is 0 Å². The van der Waals surface area contributed by atoms with E-state index in [0.29, 0.717) is 12.5 Å². The Hall–Kier alpha value is -1.68. The number of benzene rings is 1. The van der Waals surface area contributed by atoms with Gasteiger partial charge in [0.2, 0.25) is 0 Å². The van der Waals surface area contributed by atoms with Gasteiger partial charge in [-0.2, -0.15) is 0 Å². The Bertz CT molecular complexity index is 635. The van der Waals surface area contributed by atoms with Gasteiger partial charge in [0.15, 0.2) is 0 Å². The Morgan fingerprint density at radius 2 is 2.29 bits per heavy atom. The molecule has 0 bridgehead atoms. The number of aromatic nitrogens is 1. The zero-order valence-electron chi connectivity index (χ0n) is 12.2. The fraction of sp³-hybridized carbons (Fsp3) is 0.412. The quantitative estimate of drug-likeness (QED) is 0.808. The molecule has 2 aromatic rings. The topological polar surface area (TPSA) is 39.2 Å². The fourth-order valence-corrected chi connectivity index (χ4v) is 3.91. The van der Waals surface area contributed by atoms with Crippen LogP contribution in [0, 0.1) is 0 Å². The van der Waals surface area contributed by atoms with Crippen molar-refractivity contribution >= 4 is 17.3 Å². The lowest BCUT2D eigenvalue weighted by Crippen LogP contribution is -2.11. The zero-order valence-corrected chi connectivity index (χ0v) is 13.0. The number of carbonyl (C=O) groups excluding carboxylic acids is 1. The molecule has 4 heteroatoms. The van der Waals surface area contributed by atoms with Gasteiger partial charge >= 0.3 is 5.97 Å². The molecule has 1 aromatic heterocycles. The van der Waals surface area contributed by atoms with E-state index in [2.05, 4.69) is 29.2 Å². The summed E-state index contributed by atoms with van der Waals surface area (Å²) in [4.78, 5) is 16.2. The van der Waals surface area contributed by atoms with Crippen LogP contribution in [0.4, 0.5) is 0 Å². The summed E-state index contributed by atoms with van der Waals surface area (Å²) >= 11 is 1.66. The molecular formula is C17H19NO2S. The first-order chi connectivity index (χ1) is 10.3. The second-order valence-electron chi connectivity index (χ2n) is 5.30. The molecule has 0 aliphatic heterocycles. The molecule has 1 aromatic carbocycles. The lowest BCUT2D eigenvalue weighted by molar-refractivity contribution is -0.142. The van der Waals surface area contributed by atoms with Gasteiger partial charge in [0.25, 0.3) is 0 Å². The Labute approximate surface area is 129 Å². The van der Waals surface area contributed by atoms with E-state index in [0.717, 1.165) is 23.5 Å². The summed E-state index contributed by atoms with van der Waals surface area (Å²) in [6.45, 7) is 2.25. The highest BCUT2D eigenvalue weighted by Gasteiger charge is 2.24. The number of fused-ring (bicyclic) bond motifs is 1. The number of hydrogen-bond donors (Lipinski definition) is 0. The van der Waals surface area contributed by atoms with Crippen molar-refractivity contribution in [2.45, 2.75) is 38.5 Å². The van der Waals surface area contributed by atoms with Gasteiger partial charge in [-0.05, 0) is 37.3 Å². The number of rotatable bonds is 4. The molecule has 3 rings (SSSR count). The second kappa shape index (κ2) is 6.39. The monoisotopic (exact) mass is 301 g/mol. The number of ether oxygens (including phenoxy) is 1. The van der Waals surface area contributed by atoms with Crippen LogP contribution in [0.15, 0.2) is 29.6 Å². The number of carbonyl (C=O) groups is 1. The van der Waals surface area contributed by atoms with Crippen LogP contribution in [0.1, 0.15) is 47.5 Å². The Balaban J connectivity index is 1.79. The number of aryl methyl sites for hydroxylation is 1. The van der Waals surface area contributed by atoms with Crippen molar-refractivity contribution in [1.29, 1.82) is 0 Å². The smallest absolute Gasteiger partial charge is 0.311 e. The van der Waals surface area contributed by atoms with Crippen LogP contribution in [0.2, 0.25) is 0 Å². The normalized spacial score (nSPS) is 17.3. The van der Waals surface area contributed by atoms with Crippen LogP contribution in [-0.4, -0.2) is 17.6 Å². The van der Waals surface area contributed by atoms with Crippen LogP contribution < -0.4 is 0 Å². The summed E-state index contributed by atoms with van der Waals surface area (Å²) in [5.41, 5.74) is 3.67. The van der Waals surface area contributed by atoms with E-state index >= 15 is 0 Å². The molecule has 1 atom stereocenters. The molecular weight excluding hydrogens is 282 g/mol. The Morgan fingerprint density at radius 3 is 3.14 bits per heavy atom. The van der Waals surface area contributed by atoms with E-state index in [1.165, 1.54) is 17.5 Å². The molecule has 0 radical (unpaired) electrons. The number of hydrogen-bond acceptors (Lipinski definition) is 4. The molecule has 0 amide bonds. The first kappa shape index (κ1) is 14.3. The molecule has 3 nitrogen and oxygen atoms in total. The highest BCUT2D eigenvalue weighted by atomic mass is 32.1. The van der Waals surface area contributed by atoms with Gasteiger partial charge in [-0.15, -0.1) is 11.3 Å². The van der Waals surface area contributed by atoms with Crippen LogP contribution >= 0.6 is 11.3 Å². The van der Waals surface area contributed by atoms with Crippen molar-refractivity contribution in [1.82, 2.24) is 4.98 Å². The third kappa shape index (κ3) is 3.16. The predicted molar refractivity (Wildman–Crippen MR) is 83.7 cm³/mol. The van der Waals surface area contributed by atoms with Crippen molar-refractivity contribution < 1.29 is 9.53 Å². The van der Waals surface area contributed by atoms with E-state index in [1.807, 2.05) is 12.3 Å². The minimum atomic E-state index is -0.196. The van der Waals surface area contributed by atoms with E-state index in [9.17, 15) is 4.79 Å². The Kier molecular flexibility index (Phi) is 4.34. The fourth-order valence-electron chi connectivity index (χ4n) is 2.93. The molecule has 0 N–H and O–H groups in total. The highest BCUT2D eigenvalue weighted by Crippen LogP contribution is 2.37. The summed E-state index contributed by atoms with van der Waals surface area (Å²) in [6, 6.07) is 8.64. The van der Waals surface area contributed by atoms with E-state index < -0.39 is 0 Å². The highest BCUT2D eigenvalue weighted by molar-refractivity contribution is 7.09. The average molecular weight is 301 g/mol. The molecule has 1 heterocycles. The molecule has 0 fully saturated rings. The van der Waals surface area contributed by atoms with Gasteiger partial charge in [0, 0.05) is 11.3 Å². The summed E-state index contributed by atoms with van der Waals surface area (Å²) < 4.78 is 4.98. The van der Waals surface area contributed by atoms with E-state index in [1.54, 1.807) is 11.3 Å². The summed E-state index contributed by atoms with van der Waals surface area (Å²) in [5, 5.41) is 3.12. The van der Waals surface area contributed by atoms with Crippen LogP contribution in [0.3, 0.4) is 0 Å². The number of esters is 1. The van der Waals surface area contributed by atoms with Gasteiger partial charge in [-0.25, -0.2) is 4.98 Å². The number of nitrogens with zero attached hydrogens (tertiary/aromatic N) is 1. The summed E-state index contributed by atoms with van der Waals surface area (Å²) in [5.74, 6) is 0.189. The summed E-state index contributed by atoms with van der Waals surface area (Å²) in [6.07, 6.45) is 3.78. The standard InChI is InChI=1S/C17H19NO2S/c1-2-20-16(19)10-13-11-21-17(18-13)15-9-5-7-12-6-3-4-8-14(12)15/h3-4,6,8,11,15H,2,5,7,9-10H2,1H3. The molecule has 110 valence electrons. The lowest BCUT2D eigenvalue weighted by atomic mass is 9.83. The number of thiazole rings is 1. The second-order valence-corrected chi connectivity index (χ2v) is 6.19. The van der Waals surface area contributed by atoms with Crippen molar-refractivity contribution in [2.75, 3.05) is 6.61 Å². The van der Waals surface area contributed by atoms with Crippen molar-refractivity contribution in [3.8, 4) is 0 Å². The molecule has 0 saturated heterocycles. The van der Waals surface area contributed by atoms with Crippen molar-refractivity contribution in [2.24, 2.45) is 0 Å². The maximum absolute atomic E-state index is 11.5. The van der Waals surface area contributed by atoms with Crippen molar-refractivity contribution in [3.05, 3.63) is 51.5 Å². The third-order valence-electron chi connectivity index (χ3n) is 3.87. The maximum Gasteiger partial charge on any atom is 0.311 e. The van der Waals surface area contributed by atoms with Gasteiger partial charge in [0.1, 0.15) is 5.01 Å². The van der Waals surface area contributed by atoms with Crippen molar-refractivity contribution in [3.63, 3.8) is 0 Å².